The van der Waals surface area contributed by atoms with Gasteiger partial charge in [0.25, 0.3) is 0 Å². The van der Waals surface area contributed by atoms with Gasteiger partial charge in [0.2, 0.25) is 0 Å². The number of para-hydroxylation sites is 1. The summed E-state index contributed by atoms with van der Waals surface area (Å²) in [7, 11) is 0. The number of hydrogen-bond donors (Lipinski definition) is 0. The van der Waals surface area contributed by atoms with Gasteiger partial charge in [0.1, 0.15) is 5.01 Å². The molecular formula is C16H15NS. The van der Waals surface area contributed by atoms with Crippen LogP contribution in [-0.4, -0.2) is 4.98 Å². The number of benzene rings is 2. The molecule has 18 heavy (non-hydrogen) atoms. The normalized spacial score (nSPS) is 10.9. The molecule has 0 unspecified atom stereocenters. The average molecular weight is 253 g/mol. The molecule has 0 aliphatic rings. The Bertz CT molecular complexity index is 619. The lowest BCUT2D eigenvalue weighted by Crippen LogP contribution is -1.82. The predicted octanol–water partition coefficient (Wildman–Crippen LogP) is 4.92. The molecule has 0 spiro atoms. The lowest BCUT2D eigenvalue weighted by Gasteiger charge is -2.00. The summed E-state index contributed by atoms with van der Waals surface area (Å²) in [5, 5.41) is 1.11. The standard InChI is InChI=1S/C16H15NS/c1-2-5-12-8-10-13(11-9-12)16-17-14-6-3-4-7-15(14)18-16/h3-4,6-11H,2,5H2,1H3. The van der Waals surface area contributed by atoms with Crippen molar-refractivity contribution in [2.45, 2.75) is 19.8 Å². The van der Waals surface area contributed by atoms with Crippen LogP contribution in [0.3, 0.4) is 0 Å². The molecule has 0 aliphatic carbocycles. The summed E-state index contributed by atoms with van der Waals surface area (Å²) in [4.78, 5) is 4.68. The highest BCUT2D eigenvalue weighted by atomic mass is 32.1. The number of fused-ring (bicyclic) bond motifs is 1. The maximum atomic E-state index is 4.68. The molecular weight excluding hydrogens is 238 g/mol. The first kappa shape index (κ1) is 11.4. The Morgan fingerprint density at radius 1 is 1.00 bits per heavy atom. The van der Waals surface area contributed by atoms with Crippen molar-refractivity contribution < 1.29 is 0 Å². The molecule has 0 saturated carbocycles. The van der Waals surface area contributed by atoms with Crippen LogP contribution in [0.5, 0.6) is 0 Å². The Balaban J connectivity index is 1.98. The predicted molar refractivity (Wildman–Crippen MR) is 79.1 cm³/mol. The largest absolute Gasteiger partial charge is 0.236 e. The number of thiazole rings is 1. The highest BCUT2D eigenvalue weighted by molar-refractivity contribution is 7.21. The van der Waals surface area contributed by atoms with E-state index in [-0.39, 0.29) is 0 Å². The van der Waals surface area contributed by atoms with Crippen LogP contribution in [0.15, 0.2) is 48.5 Å². The third kappa shape index (κ3) is 2.16. The number of aromatic nitrogens is 1. The fourth-order valence-corrected chi connectivity index (χ4v) is 3.07. The lowest BCUT2D eigenvalue weighted by atomic mass is 10.1. The summed E-state index contributed by atoms with van der Waals surface area (Å²) >= 11 is 1.76. The van der Waals surface area contributed by atoms with E-state index in [0.29, 0.717) is 0 Å². The maximum Gasteiger partial charge on any atom is 0.124 e. The smallest absolute Gasteiger partial charge is 0.124 e. The van der Waals surface area contributed by atoms with Crippen molar-refractivity contribution in [2.24, 2.45) is 0 Å². The third-order valence-electron chi connectivity index (χ3n) is 3.03. The van der Waals surface area contributed by atoms with Crippen molar-refractivity contribution >= 4 is 21.6 Å². The molecule has 1 nitrogen and oxygen atoms in total. The molecule has 0 aliphatic heterocycles. The van der Waals surface area contributed by atoms with Crippen molar-refractivity contribution in [1.82, 2.24) is 4.98 Å². The first-order valence-corrected chi connectivity index (χ1v) is 7.13. The molecule has 0 saturated heterocycles. The van der Waals surface area contributed by atoms with Crippen molar-refractivity contribution in [1.29, 1.82) is 0 Å². The molecule has 0 fully saturated rings. The molecule has 1 aromatic heterocycles. The first-order chi connectivity index (χ1) is 8.86. The summed E-state index contributed by atoms with van der Waals surface area (Å²) < 4.78 is 1.25. The monoisotopic (exact) mass is 253 g/mol. The van der Waals surface area contributed by atoms with Crippen LogP contribution in [-0.2, 0) is 6.42 Å². The second kappa shape index (κ2) is 4.91. The molecule has 3 aromatic rings. The quantitative estimate of drug-likeness (QED) is 0.646. The second-order valence-corrected chi connectivity index (χ2v) is 5.46. The van der Waals surface area contributed by atoms with E-state index in [2.05, 4.69) is 54.4 Å². The lowest BCUT2D eigenvalue weighted by molar-refractivity contribution is 0.922. The van der Waals surface area contributed by atoms with Gasteiger partial charge in [0.15, 0.2) is 0 Å². The van der Waals surface area contributed by atoms with Crippen LogP contribution >= 0.6 is 11.3 Å². The highest BCUT2D eigenvalue weighted by Crippen LogP contribution is 2.30. The van der Waals surface area contributed by atoms with Gasteiger partial charge in [-0.05, 0) is 24.1 Å². The zero-order valence-corrected chi connectivity index (χ0v) is 11.2. The summed E-state index contributed by atoms with van der Waals surface area (Å²) in [6.45, 7) is 2.21. The minimum atomic E-state index is 1.09. The SMILES string of the molecule is CCCc1ccc(-c2nc3ccccc3s2)cc1. The minimum absolute atomic E-state index is 1.09. The highest BCUT2D eigenvalue weighted by Gasteiger charge is 2.05. The van der Waals surface area contributed by atoms with E-state index in [1.165, 1.54) is 22.2 Å². The third-order valence-corrected chi connectivity index (χ3v) is 4.12. The van der Waals surface area contributed by atoms with Crippen LogP contribution < -0.4 is 0 Å². The Hall–Kier alpha value is -1.67. The van der Waals surface area contributed by atoms with Crippen molar-refractivity contribution in [2.75, 3.05) is 0 Å². The van der Waals surface area contributed by atoms with Gasteiger partial charge in [0.05, 0.1) is 10.2 Å². The van der Waals surface area contributed by atoms with Gasteiger partial charge in [-0.2, -0.15) is 0 Å². The van der Waals surface area contributed by atoms with Crippen LogP contribution in [0, 0.1) is 0 Å². The molecule has 1 heterocycles. The van der Waals surface area contributed by atoms with Crippen molar-refractivity contribution in [3.8, 4) is 10.6 Å². The Morgan fingerprint density at radius 3 is 2.50 bits per heavy atom. The molecule has 0 N–H and O–H groups in total. The number of nitrogens with zero attached hydrogens (tertiary/aromatic N) is 1. The van der Waals surface area contributed by atoms with E-state index in [1.54, 1.807) is 11.3 Å². The summed E-state index contributed by atoms with van der Waals surface area (Å²) in [5.74, 6) is 0. The maximum absolute atomic E-state index is 4.68. The van der Waals surface area contributed by atoms with E-state index < -0.39 is 0 Å². The van der Waals surface area contributed by atoms with E-state index >= 15 is 0 Å². The molecule has 3 rings (SSSR count). The summed E-state index contributed by atoms with van der Waals surface area (Å²) in [6, 6.07) is 17.1. The minimum Gasteiger partial charge on any atom is -0.236 e. The number of hydrogen-bond acceptors (Lipinski definition) is 2. The Labute approximate surface area is 111 Å². The number of aryl methyl sites for hydroxylation is 1. The molecule has 0 amide bonds. The Morgan fingerprint density at radius 2 is 1.78 bits per heavy atom. The van der Waals surface area contributed by atoms with Crippen LogP contribution in [0.1, 0.15) is 18.9 Å². The molecule has 90 valence electrons. The van der Waals surface area contributed by atoms with Gasteiger partial charge in [-0.15, -0.1) is 11.3 Å². The zero-order chi connectivity index (χ0) is 12.4. The fraction of sp³-hybridized carbons (Fsp3) is 0.188. The fourth-order valence-electron chi connectivity index (χ4n) is 2.10. The van der Waals surface area contributed by atoms with Gasteiger partial charge in [0, 0.05) is 5.56 Å². The van der Waals surface area contributed by atoms with Gasteiger partial charge >= 0.3 is 0 Å². The van der Waals surface area contributed by atoms with E-state index in [0.717, 1.165) is 16.9 Å². The average Bonchev–Trinajstić information content (AvgIpc) is 2.84. The topological polar surface area (TPSA) is 12.9 Å². The molecule has 2 aromatic carbocycles. The zero-order valence-electron chi connectivity index (χ0n) is 10.4. The molecule has 0 radical (unpaired) electrons. The molecule has 0 atom stereocenters. The molecule has 2 heteroatoms. The number of rotatable bonds is 3. The summed E-state index contributed by atoms with van der Waals surface area (Å²) in [6.07, 6.45) is 2.35. The van der Waals surface area contributed by atoms with Gasteiger partial charge in [-0.3, -0.25) is 0 Å². The first-order valence-electron chi connectivity index (χ1n) is 6.31. The van der Waals surface area contributed by atoms with Crippen LogP contribution in [0.4, 0.5) is 0 Å². The van der Waals surface area contributed by atoms with E-state index in [1.807, 2.05) is 6.07 Å². The van der Waals surface area contributed by atoms with Crippen molar-refractivity contribution in [3.63, 3.8) is 0 Å². The van der Waals surface area contributed by atoms with Crippen molar-refractivity contribution in [3.05, 3.63) is 54.1 Å². The van der Waals surface area contributed by atoms with Crippen LogP contribution in [0.25, 0.3) is 20.8 Å². The summed E-state index contributed by atoms with van der Waals surface area (Å²) in [5.41, 5.74) is 3.72. The van der Waals surface area contributed by atoms with Gasteiger partial charge in [-0.1, -0.05) is 49.7 Å². The van der Waals surface area contributed by atoms with E-state index in [9.17, 15) is 0 Å². The van der Waals surface area contributed by atoms with Crippen LogP contribution in [0.2, 0.25) is 0 Å². The molecule has 0 bridgehead atoms. The van der Waals surface area contributed by atoms with Gasteiger partial charge in [-0.25, -0.2) is 4.98 Å². The van der Waals surface area contributed by atoms with E-state index in [4.69, 9.17) is 0 Å². The second-order valence-electron chi connectivity index (χ2n) is 4.43. The van der Waals surface area contributed by atoms with Gasteiger partial charge < -0.3 is 0 Å². The Kier molecular flexibility index (Phi) is 3.11.